The maximum atomic E-state index is 13.2. The lowest BCUT2D eigenvalue weighted by Crippen LogP contribution is -2.72. The van der Waals surface area contributed by atoms with Gasteiger partial charge < -0.3 is 26.7 Å². The Labute approximate surface area is 213 Å². The highest BCUT2D eigenvalue weighted by atomic mass is 32.1. The number of oxime groups is 1. The second kappa shape index (κ2) is 9.46. The monoisotopic (exact) mass is 523 g/mol. The van der Waals surface area contributed by atoms with E-state index in [9.17, 15) is 29.5 Å². The first kappa shape index (κ1) is 24.1. The van der Waals surface area contributed by atoms with Gasteiger partial charge in [0.05, 0.1) is 11.7 Å². The summed E-state index contributed by atoms with van der Waals surface area (Å²) in [5.41, 5.74) is 6.55. The van der Waals surface area contributed by atoms with Gasteiger partial charge in [0.2, 0.25) is 5.91 Å². The van der Waals surface area contributed by atoms with E-state index in [1.54, 1.807) is 24.4 Å². The summed E-state index contributed by atoms with van der Waals surface area (Å²) in [7, 11) is 0. The Bertz CT molecular complexity index is 1410. The highest BCUT2D eigenvalue weighted by molar-refractivity contribution is 7.13. The zero-order valence-corrected chi connectivity index (χ0v) is 20.0. The van der Waals surface area contributed by atoms with Gasteiger partial charge in [-0.15, -0.1) is 11.3 Å². The first-order valence-corrected chi connectivity index (χ1v) is 12.2. The van der Waals surface area contributed by atoms with Crippen molar-refractivity contribution in [2.45, 2.75) is 31.3 Å². The summed E-state index contributed by atoms with van der Waals surface area (Å²) in [5.74, 6) is -3.12. The number of nitrogens with two attached hydrogens (primary N) is 1. The van der Waals surface area contributed by atoms with Crippen molar-refractivity contribution in [1.29, 1.82) is 0 Å². The molecule has 190 valence electrons. The number of hydrogen-bond acceptors (Lipinski definition) is 10. The van der Waals surface area contributed by atoms with Crippen LogP contribution in [0.3, 0.4) is 0 Å². The summed E-state index contributed by atoms with van der Waals surface area (Å²) >= 11 is 1.05. The van der Waals surface area contributed by atoms with Crippen LogP contribution in [-0.4, -0.2) is 73.2 Å². The lowest BCUT2D eigenvalue weighted by Gasteiger charge is -2.50. The van der Waals surface area contributed by atoms with Gasteiger partial charge in [0, 0.05) is 29.3 Å². The summed E-state index contributed by atoms with van der Waals surface area (Å²) in [6.07, 6.45) is 2.49. The second-order valence-electron chi connectivity index (χ2n) is 8.49. The fraction of sp³-hybridized carbons (Fsp3) is 0.261. The van der Waals surface area contributed by atoms with E-state index < -0.39 is 35.6 Å². The average Bonchev–Trinajstić information content (AvgIpc) is 3.51. The zero-order chi connectivity index (χ0) is 26.3. The summed E-state index contributed by atoms with van der Waals surface area (Å²) in [4.78, 5) is 60.3. The molecule has 0 aliphatic carbocycles. The molecule has 0 aromatic carbocycles. The highest BCUT2D eigenvalue weighted by Gasteiger charge is 2.54. The Morgan fingerprint density at radius 1 is 1.24 bits per heavy atom. The number of aromatic nitrogens is 2. The van der Waals surface area contributed by atoms with Crippen LogP contribution in [0.2, 0.25) is 0 Å². The molecule has 37 heavy (non-hydrogen) atoms. The van der Waals surface area contributed by atoms with E-state index in [0.717, 1.165) is 16.2 Å². The number of nitrogens with one attached hydrogen (secondary N) is 2. The number of nitrogens with zero attached hydrogens (tertiary/aromatic N) is 4. The van der Waals surface area contributed by atoms with Gasteiger partial charge in [0.25, 0.3) is 11.8 Å². The van der Waals surface area contributed by atoms with Crippen molar-refractivity contribution >= 4 is 51.4 Å². The van der Waals surface area contributed by atoms with E-state index in [-0.39, 0.29) is 28.9 Å². The van der Waals surface area contributed by atoms with E-state index >= 15 is 0 Å². The average molecular weight is 524 g/mol. The molecule has 2 fully saturated rings. The number of carboxylic acid groups (broad SMARTS) is 1. The number of nitrogen functional groups attached to an aromatic ring is 1. The lowest BCUT2D eigenvalue weighted by molar-refractivity contribution is -0.155. The lowest BCUT2D eigenvalue weighted by atomic mass is 9.79. The molecule has 5 rings (SSSR count). The number of amides is 3. The Morgan fingerprint density at radius 2 is 2.05 bits per heavy atom. The maximum Gasteiger partial charge on any atom is 0.352 e. The predicted molar refractivity (Wildman–Crippen MR) is 130 cm³/mol. The Kier molecular flexibility index (Phi) is 6.17. The van der Waals surface area contributed by atoms with Gasteiger partial charge in [-0.1, -0.05) is 11.2 Å². The molecule has 13 nitrogen and oxygen atoms in total. The topological polar surface area (TPSA) is 200 Å². The first-order valence-electron chi connectivity index (χ1n) is 11.3. The summed E-state index contributed by atoms with van der Waals surface area (Å²) in [6, 6.07) is 3.46. The second-order valence-corrected chi connectivity index (χ2v) is 9.38. The number of allylic oxidation sites excluding steroid dienone is 2. The van der Waals surface area contributed by atoms with Crippen molar-refractivity contribution in [3.63, 3.8) is 0 Å². The van der Waals surface area contributed by atoms with Crippen LogP contribution >= 0.6 is 11.3 Å². The van der Waals surface area contributed by atoms with Gasteiger partial charge in [-0.25, -0.2) is 9.78 Å². The summed E-state index contributed by atoms with van der Waals surface area (Å²) in [6.45, 7) is 0.416. The molecule has 0 saturated carbocycles. The fourth-order valence-electron chi connectivity index (χ4n) is 4.89. The molecule has 3 aliphatic rings. The van der Waals surface area contributed by atoms with E-state index in [2.05, 4.69) is 25.8 Å². The van der Waals surface area contributed by atoms with Gasteiger partial charge in [-0.2, -0.15) is 0 Å². The number of pyridine rings is 1. The van der Waals surface area contributed by atoms with Crippen LogP contribution < -0.4 is 16.4 Å². The summed E-state index contributed by atoms with van der Waals surface area (Å²) < 4.78 is 0. The van der Waals surface area contributed by atoms with Gasteiger partial charge in [0.1, 0.15) is 17.4 Å². The summed E-state index contributed by atoms with van der Waals surface area (Å²) in [5, 5.41) is 29.3. The number of carbonyl (C=O) groups excluding carboxylic acids is 3. The van der Waals surface area contributed by atoms with Gasteiger partial charge in [-0.3, -0.25) is 24.3 Å². The van der Waals surface area contributed by atoms with Crippen LogP contribution in [0.1, 0.15) is 30.7 Å². The molecule has 2 saturated heterocycles. The van der Waals surface area contributed by atoms with Gasteiger partial charge in [-0.05, 0) is 37.0 Å². The number of anilines is 1. The van der Waals surface area contributed by atoms with Crippen LogP contribution in [-0.2, 0) is 19.2 Å². The third kappa shape index (κ3) is 4.10. The fourth-order valence-corrected chi connectivity index (χ4v) is 5.43. The van der Waals surface area contributed by atoms with Crippen LogP contribution in [0.5, 0.6) is 0 Å². The molecule has 2 aromatic heterocycles. The number of β-lactam (4-membered cyclic amide) rings is 1. The van der Waals surface area contributed by atoms with Crippen molar-refractivity contribution in [3.8, 4) is 0 Å². The molecule has 3 aliphatic heterocycles. The third-order valence-corrected chi connectivity index (χ3v) is 7.14. The van der Waals surface area contributed by atoms with Crippen LogP contribution in [0, 0.1) is 0 Å². The number of rotatable bonds is 6. The number of hydrogen-bond donors (Lipinski definition) is 5. The van der Waals surface area contributed by atoms with Crippen LogP contribution in [0.25, 0.3) is 5.57 Å². The molecular formula is C23H21N7O6S. The van der Waals surface area contributed by atoms with E-state index in [4.69, 9.17) is 5.73 Å². The number of carboxylic acids is 1. The maximum absolute atomic E-state index is 13.2. The standard InChI is InChI=1S/C23H21N7O6S/c24-23-27-13(9-37-23)16(29-36)20(32)28-17-14-5-4-10(18(22(34)35)30(14)21(17)33)15(11-6-8-26-19(11)31)12-3-1-2-7-25-12/h1-3,7,9,14,17,36H,4-6,8H2,(H2,24,27)(H,26,31)(H,28,32)(H,34,35)/t14-,17+/m1/s1. The SMILES string of the molecule is Nc1nc(C(=NO)C(=O)N[C@@H]2C(=O)N3C(C(=O)O)=C(C(=C4CCNC4=O)c4ccccn4)CC[C@H]23)cs1. The quantitative estimate of drug-likeness (QED) is 0.114. The van der Waals surface area contributed by atoms with Crippen molar-refractivity contribution < 1.29 is 29.5 Å². The first-order chi connectivity index (χ1) is 17.8. The number of fused-ring (bicyclic) bond motifs is 1. The molecule has 2 aromatic rings. The van der Waals surface area contributed by atoms with Crippen molar-refractivity contribution in [1.82, 2.24) is 25.5 Å². The minimum absolute atomic E-state index is 0.0460. The predicted octanol–water partition coefficient (Wildman–Crippen LogP) is 0.100. The molecule has 6 N–H and O–H groups in total. The Morgan fingerprint density at radius 3 is 2.65 bits per heavy atom. The van der Waals surface area contributed by atoms with Gasteiger partial charge in [0.15, 0.2) is 10.8 Å². The molecule has 0 spiro atoms. The van der Waals surface area contributed by atoms with Crippen LogP contribution in [0.15, 0.2) is 51.8 Å². The Balaban J connectivity index is 1.48. The molecule has 2 atom stereocenters. The Hall–Kier alpha value is -4.59. The molecule has 5 heterocycles. The molecule has 0 bridgehead atoms. The highest BCUT2D eigenvalue weighted by Crippen LogP contribution is 2.43. The van der Waals surface area contributed by atoms with E-state index in [1.165, 1.54) is 5.38 Å². The molecule has 3 amide bonds. The number of thiazole rings is 1. The molecular weight excluding hydrogens is 502 g/mol. The van der Waals surface area contributed by atoms with E-state index in [1.807, 2.05) is 0 Å². The molecule has 0 radical (unpaired) electrons. The molecule has 0 unspecified atom stereocenters. The van der Waals surface area contributed by atoms with Gasteiger partial charge >= 0.3 is 5.97 Å². The number of carbonyl (C=O) groups is 4. The van der Waals surface area contributed by atoms with Crippen LogP contribution in [0.4, 0.5) is 5.13 Å². The normalized spacial score (nSPS) is 22.8. The largest absolute Gasteiger partial charge is 0.477 e. The van der Waals surface area contributed by atoms with Crippen molar-refractivity contribution in [3.05, 3.63) is 58.0 Å². The third-order valence-electron chi connectivity index (χ3n) is 6.46. The number of aliphatic carboxylic acids is 1. The smallest absolute Gasteiger partial charge is 0.352 e. The van der Waals surface area contributed by atoms with E-state index in [0.29, 0.717) is 41.8 Å². The zero-order valence-electron chi connectivity index (χ0n) is 19.2. The van der Waals surface area contributed by atoms with Crippen molar-refractivity contribution in [2.75, 3.05) is 12.3 Å². The minimum Gasteiger partial charge on any atom is -0.477 e. The van der Waals surface area contributed by atoms with Crippen molar-refractivity contribution in [2.24, 2.45) is 5.16 Å². The minimum atomic E-state index is -1.33. The molecule has 14 heteroatoms.